The first-order valence-electron chi connectivity index (χ1n) is 4.89. The van der Waals surface area contributed by atoms with Gasteiger partial charge in [0, 0.05) is 18.0 Å². The molecule has 0 bridgehead atoms. The van der Waals surface area contributed by atoms with Crippen molar-refractivity contribution in [3.05, 3.63) is 27.1 Å². The maximum Gasteiger partial charge on any atom is 0.252 e. The molecule has 17 heavy (non-hydrogen) atoms. The number of hydrogen-bond donors (Lipinski definition) is 2. The zero-order valence-corrected chi connectivity index (χ0v) is 11.0. The zero-order chi connectivity index (χ0) is 12.8. The lowest BCUT2D eigenvalue weighted by Crippen LogP contribution is -2.16. The highest BCUT2D eigenvalue weighted by Gasteiger charge is 2.08. The van der Waals surface area contributed by atoms with E-state index in [0.717, 1.165) is 0 Å². The maximum atomic E-state index is 11.4. The zero-order valence-electron chi connectivity index (χ0n) is 9.41. The molecule has 0 aliphatic heterocycles. The van der Waals surface area contributed by atoms with Crippen LogP contribution < -0.4 is 10.9 Å². The van der Waals surface area contributed by atoms with E-state index in [2.05, 4.69) is 31.2 Å². The molecule has 2 N–H and O–H groups in total. The van der Waals surface area contributed by atoms with Crippen LogP contribution in [0.25, 0.3) is 5.76 Å². The average Bonchev–Trinajstić information content (AvgIpc) is 2.23. The lowest BCUT2D eigenvalue weighted by Gasteiger charge is -2.08. The van der Waals surface area contributed by atoms with E-state index in [-0.39, 0.29) is 17.4 Å². The van der Waals surface area contributed by atoms with Gasteiger partial charge in [-0.15, -0.1) is 0 Å². The van der Waals surface area contributed by atoms with Crippen molar-refractivity contribution in [2.24, 2.45) is 0 Å². The number of carbonyl (C=O) groups is 1. The van der Waals surface area contributed by atoms with Crippen molar-refractivity contribution in [3.63, 3.8) is 0 Å². The molecule has 1 aromatic rings. The lowest BCUT2D eigenvalue weighted by atomic mass is 10.3. The van der Waals surface area contributed by atoms with Crippen molar-refractivity contribution in [1.82, 2.24) is 9.97 Å². The highest BCUT2D eigenvalue weighted by molar-refractivity contribution is 9.11. The minimum Gasteiger partial charge on any atom is -0.491 e. The molecule has 0 fully saturated rings. The van der Waals surface area contributed by atoms with E-state index in [0.29, 0.717) is 18.1 Å². The number of carbonyl (C=O) groups excluding carboxylic acids is 1. The van der Waals surface area contributed by atoms with E-state index in [4.69, 9.17) is 4.74 Å². The van der Waals surface area contributed by atoms with Crippen molar-refractivity contribution >= 4 is 33.5 Å². The van der Waals surface area contributed by atoms with Crippen molar-refractivity contribution in [2.45, 2.75) is 13.8 Å². The Morgan fingerprint density at radius 2 is 2.41 bits per heavy atom. The number of aromatic nitrogens is 2. The minimum atomic E-state index is -0.370. The average molecular weight is 302 g/mol. The summed E-state index contributed by atoms with van der Waals surface area (Å²) in [4.78, 5) is 30.2. The fourth-order valence-corrected chi connectivity index (χ4v) is 1.49. The molecule has 0 spiro atoms. The number of rotatable bonds is 4. The number of hydrogen-bond acceptors (Lipinski definition) is 4. The second kappa shape index (κ2) is 6.19. The third-order valence-electron chi connectivity index (χ3n) is 1.69. The van der Waals surface area contributed by atoms with Crippen LogP contribution in [0, 0.1) is 0 Å². The van der Waals surface area contributed by atoms with Gasteiger partial charge in [0.25, 0.3) is 5.56 Å². The number of ether oxygens (including phenoxy) is 1. The largest absolute Gasteiger partial charge is 0.491 e. The molecule has 0 atom stereocenters. The van der Waals surface area contributed by atoms with Crippen LogP contribution in [0.15, 0.2) is 15.8 Å². The van der Waals surface area contributed by atoms with Gasteiger partial charge in [-0.3, -0.25) is 19.9 Å². The first-order valence-corrected chi connectivity index (χ1v) is 5.81. The second-order valence-corrected chi connectivity index (χ2v) is 3.52. The van der Waals surface area contributed by atoms with Gasteiger partial charge in [0.2, 0.25) is 11.9 Å². The third kappa shape index (κ3) is 4.03. The molecule has 92 valence electrons. The summed E-state index contributed by atoms with van der Waals surface area (Å²) in [7, 11) is 0. The van der Waals surface area contributed by atoms with Crippen molar-refractivity contribution in [2.75, 3.05) is 11.9 Å². The van der Waals surface area contributed by atoms with Crippen molar-refractivity contribution < 1.29 is 9.53 Å². The molecule has 0 saturated carbocycles. The maximum absolute atomic E-state index is 11.4. The summed E-state index contributed by atoms with van der Waals surface area (Å²) in [6.45, 7) is 3.59. The van der Waals surface area contributed by atoms with Gasteiger partial charge in [0.05, 0.1) is 6.61 Å². The Hall–Kier alpha value is -1.63. The van der Waals surface area contributed by atoms with Crippen molar-refractivity contribution in [3.8, 4) is 0 Å². The van der Waals surface area contributed by atoms with Crippen LogP contribution in [-0.2, 0) is 9.53 Å². The molecule has 0 aromatic carbocycles. The molecule has 6 nitrogen and oxygen atoms in total. The van der Waals surface area contributed by atoms with E-state index in [1.54, 1.807) is 0 Å². The normalized spacial score (nSPS) is 11.1. The number of nitrogens with zero attached hydrogens (tertiary/aromatic N) is 1. The predicted octanol–water partition coefficient (Wildman–Crippen LogP) is 1.46. The summed E-state index contributed by atoms with van der Waals surface area (Å²) in [5.41, 5.74) is -0.0264. The lowest BCUT2D eigenvalue weighted by molar-refractivity contribution is -0.114. The third-order valence-corrected chi connectivity index (χ3v) is 2.10. The molecule has 1 amide bonds. The summed E-state index contributed by atoms with van der Waals surface area (Å²) in [5, 5.41) is 2.40. The van der Waals surface area contributed by atoms with Gasteiger partial charge >= 0.3 is 0 Å². The van der Waals surface area contributed by atoms with E-state index in [9.17, 15) is 9.59 Å². The van der Waals surface area contributed by atoms with Crippen molar-refractivity contribution in [1.29, 1.82) is 0 Å². The Bertz CT molecular complexity index is 496. The molecule has 0 aliphatic rings. The van der Waals surface area contributed by atoms with Crippen LogP contribution in [0.3, 0.4) is 0 Å². The number of nitrogens with one attached hydrogen (secondary N) is 2. The summed E-state index contributed by atoms with van der Waals surface area (Å²) in [6.07, 6.45) is 0. The molecular formula is C10H12BrN3O3. The van der Waals surface area contributed by atoms with E-state index < -0.39 is 0 Å². The SMILES string of the molecule is CCOC(=CBr)c1cc(=O)[nH]c(NC(C)=O)n1. The Labute approximate surface area is 106 Å². The molecule has 0 aliphatic carbocycles. The number of aromatic amines is 1. The smallest absolute Gasteiger partial charge is 0.252 e. The molecule has 7 heteroatoms. The Morgan fingerprint density at radius 3 is 2.94 bits per heavy atom. The van der Waals surface area contributed by atoms with Crippen LogP contribution in [0.4, 0.5) is 5.95 Å². The standard InChI is InChI=1S/C10H12BrN3O3/c1-3-17-8(5-11)7-4-9(16)14-10(13-7)12-6(2)15/h4-5H,3H2,1-2H3,(H2,12,13,14,15,16). The van der Waals surface area contributed by atoms with Gasteiger partial charge in [0.15, 0.2) is 5.76 Å². The van der Waals surface area contributed by atoms with Gasteiger partial charge in [-0.1, -0.05) is 15.9 Å². The Morgan fingerprint density at radius 1 is 1.71 bits per heavy atom. The van der Waals surface area contributed by atoms with Crippen LogP contribution in [0.2, 0.25) is 0 Å². The number of halogens is 1. The highest BCUT2D eigenvalue weighted by atomic mass is 79.9. The number of H-pyrrole nitrogens is 1. The fourth-order valence-electron chi connectivity index (χ4n) is 1.13. The Balaban J connectivity index is 3.12. The summed E-state index contributed by atoms with van der Waals surface area (Å²) in [5.74, 6) is 0.197. The predicted molar refractivity (Wildman–Crippen MR) is 67.7 cm³/mol. The van der Waals surface area contributed by atoms with Crippen LogP contribution in [0.5, 0.6) is 0 Å². The van der Waals surface area contributed by atoms with Crippen LogP contribution >= 0.6 is 15.9 Å². The molecule has 1 rings (SSSR count). The molecule has 1 aromatic heterocycles. The summed E-state index contributed by atoms with van der Waals surface area (Å²) >= 11 is 3.13. The van der Waals surface area contributed by atoms with Gasteiger partial charge in [-0.2, -0.15) is 0 Å². The topological polar surface area (TPSA) is 84.1 Å². The van der Waals surface area contributed by atoms with E-state index >= 15 is 0 Å². The quantitative estimate of drug-likeness (QED) is 0.825. The summed E-state index contributed by atoms with van der Waals surface area (Å²) in [6, 6.07) is 1.29. The molecule has 0 unspecified atom stereocenters. The van der Waals surface area contributed by atoms with Crippen LogP contribution in [-0.4, -0.2) is 22.5 Å². The minimum absolute atomic E-state index is 0.0894. The van der Waals surface area contributed by atoms with E-state index in [1.165, 1.54) is 18.0 Å². The van der Waals surface area contributed by atoms with Gasteiger partial charge in [-0.05, 0) is 6.92 Å². The molecule has 0 saturated heterocycles. The monoisotopic (exact) mass is 301 g/mol. The summed E-state index contributed by atoms with van der Waals surface area (Å²) < 4.78 is 5.28. The fraction of sp³-hybridized carbons (Fsp3) is 0.300. The van der Waals surface area contributed by atoms with Gasteiger partial charge in [-0.25, -0.2) is 4.98 Å². The number of amides is 1. The van der Waals surface area contributed by atoms with Gasteiger partial charge < -0.3 is 4.74 Å². The second-order valence-electron chi connectivity index (χ2n) is 3.07. The Kier molecular flexibility index (Phi) is 4.89. The first-order chi connectivity index (χ1) is 8.06. The highest BCUT2D eigenvalue weighted by Crippen LogP contribution is 2.14. The first kappa shape index (κ1) is 13.4. The van der Waals surface area contributed by atoms with Gasteiger partial charge in [0.1, 0.15) is 5.69 Å². The van der Waals surface area contributed by atoms with Crippen LogP contribution in [0.1, 0.15) is 19.5 Å². The number of anilines is 1. The molecule has 1 heterocycles. The molecular weight excluding hydrogens is 290 g/mol. The van der Waals surface area contributed by atoms with E-state index in [1.807, 2.05) is 6.92 Å². The molecule has 0 radical (unpaired) electrons.